The SMILES string of the molecule is COc1cc(C(=O)O)cc(Br)c1OCc1cc(Br)cs1. The van der Waals surface area contributed by atoms with Crippen molar-refractivity contribution in [2.75, 3.05) is 7.11 Å². The lowest BCUT2D eigenvalue weighted by atomic mass is 10.2. The lowest BCUT2D eigenvalue weighted by molar-refractivity contribution is 0.0696. The maximum absolute atomic E-state index is 11.0. The molecule has 0 aliphatic rings. The average Bonchev–Trinajstić information content (AvgIpc) is 2.82. The molecule has 1 aromatic carbocycles. The van der Waals surface area contributed by atoms with Crippen molar-refractivity contribution in [2.45, 2.75) is 6.61 Å². The summed E-state index contributed by atoms with van der Waals surface area (Å²) in [5.74, 6) is -0.146. The number of ether oxygens (including phenoxy) is 2. The molecule has 0 saturated heterocycles. The van der Waals surface area contributed by atoms with Crippen molar-refractivity contribution in [1.29, 1.82) is 0 Å². The number of thiophene rings is 1. The molecule has 0 unspecified atom stereocenters. The second kappa shape index (κ2) is 6.60. The number of carboxylic acid groups (broad SMARTS) is 1. The van der Waals surface area contributed by atoms with E-state index in [1.807, 2.05) is 11.4 Å². The van der Waals surface area contributed by atoms with Gasteiger partial charge in [0.15, 0.2) is 11.5 Å². The van der Waals surface area contributed by atoms with Crippen molar-refractivity contribution in [3.05, 3.63) is 43.0 Å². The number of hydrogen-bond donors (Lipinski definition) is 1. The summed E-state index contributed by atoms with van der Waals surface area (Å²) >= 11 is 8.27. The molecule has 0 fully saturated rings. The van der Waals surface area contributed by atoms with Crippen LogP contribution in [0.3, 0.4) is 0 Å². The van der Waals surface area contributed by atoms with Crippen LogP contribution in [-0.4, -0.2) is 18.2 Å². The molecule has 0 aliphatic heterocycles. The van der Waals surface area contributed by atoms with Crippen LogP contribution in [0.15, 0.2) is 32.5 Å². The molecular weight excluding hydrogens is 412 g/mol. The number of carboxylic acids is 1. The molecule has 0 aliphatic carbocycles. The van der Waals surface area contributed by atoms with Crippen LogP contribution < -0.4 is 9.47 Å². The average molecular weight is 422 g/mol. The Hall–Kier alpha value is -1.05. The van der Waals surface area contributed by atoms with Crippen LogP contribution in [0.4, 0.5) is 0 Å². The fourth-order valence-electron chi connectivity index (χ4n) is 1.56. The Morgan fingerprint density at radius 2 is 2.10 bits per heavy atom. The summed E-state index contributed by atoms with van der Waals surface area (Å²) in [7, 11) is 1.47. The lowest BCUT2D eigenvalue weighted by Crippen LogP contribution is -2.01. The van der Waals surface area contributed by atoms with E-state index in [0.717, 1.165) is 9.35 Å². The van der Waals surface area contributed by atoms with Gasteiger partial charge in [0.2, 0.25) is 0 Å². The Morgan fingerprint density at radius 3 is 2.65 bits per heavy atom. The maximum atomic E-state index is 11.0. The van der Waals surface area contributed by atoms with Gasteiger partial charge in [-0.05, 0) is 50.1 Å². The number of hydrogen-bond acceptors (Lipinski definition) is 4. The van der Waals surface area contributed by atoms with Crippen molar-refractivity contribution in [3.63, 3.8) is 0 Å². The van der Waals surface area contributed by atoms with E-state index >= 15 is 0 Å². The van der Waals surface area contributed by atoms with Crippen LogP contribution in [0.5, 0.6) is 11.5 Å². The summed E-state index contributed by atoms with van der Waals surface area (Å²) in [6.07, 6.45) is 0. The van der Waals surface area contributed by atoms with Crippen molar-refractivity contribution < 1.29 is 19.4 Å². The first-order chi connectivity index (χ1) is 9.51. The van der Waals surface area contributed by atoms with Gasteiger partial charge in [-0.15, -0.1) is 11.3 Å². The van der Waals surface area contributed by atoms with Gasteiger partial charge >= 0.3 is 5.97 Å². The van der Waals surface area contributed by atoms with Gasteiger partial charge in [-0.1, -0.05) is 0 Å². The van der Waals surface area contributed by atoms with Crippen molar-refractivity contribution in [2.24, 2.45) is 0 Å². The number of methoxy groups -OCH3 is 1. The molecule has 0 amide bonds. The highest BCUT2D eigenvalue weighted by Crippen LogP contribution is 2.37. The Balaban J connectivity index is 2.24. The molecule has 0 atom stereocenters. The minimum absolute atomic E-state index is 0.139. The van der Waals surface area contributed by atoms with Gasteiger partial charge in [0.1, 0.15) is 6.61 Å². The van der Waals surface area contributed by atoms with Crippen LogP contribution in [0.2, 0.25) is 0 Å². The largest absolute Gasteiger partial charge is 0.493 e. The molecule has 0 spiro atoms. The third-order valence-electron chi connectivity index (χ3n) is 2.46. The molecule has 7 heteroatoms. The van der Waals surface area contributed by atoms with Crippen LogP contribution in [0.25, 0.3) is 0 Å². The molecule has 2 rings (SSSR count). The first-order valence-corrected chi connectivity index (χ1v) is 7.94. The zero-order valence-corrected chi connectivity index (χ0v) is 14.3. The predicted molar refractivity (Wildman–Crippen MR) is 84.0 cm³/mol. The zero-order chi connectivity index (χ0) is 14.7. The summed E-state index contributed by atoms with van der Waals surface area (Å²) in [6, 6.07) is 4.90. The topological polar surface area (TPSA) is 55.8 Å². The van der Waals surface area contributed by atoms with Gasteiger partial charge in [-0.2, -0.15) is 0 Å². The van der Waals surface area contributed by atoms with Crippen LogP contribution in [0, 0.1) is 0 Å². The van der Waals surface area contributed by atoms with E-state index < -0.39 is 5.97 Å². The summed E-state index contributed by atoms with van der Waals surface area (Å²) in [5, 5.41) is 11.0. The van der Waals surface area contributed by atoms with E-state index in [4.69, 9.17) is 14.6 Å². The highest BCUT2D eigenvalue weighted by molar-refractivity contribution is 9.10. The summed E-state index contributed by atoms with van der Waals surface area (Å²) in [4.78, 5) is 12.0. The molecular formula is C13H10Br2O4S. The smallest absolute Gasteiger partial charge is 0.335 e. The number of benzene rings is 1. The predicted octanol–water partition coefficient (Wildman–Crippen LogP) is 4.56. The molecule has 1 heterocycles. The Kier molecular flexibility index (Phi) is 5.06. The highest BCUT2D eigenvalue weighted by Gasteiger charge is 2.15. The monoisotopic (exact) mass is 420 g/mol. The van der Waals surface area contributed by atoms with E-state index in [0.29, 0.717) is 22.6 Å². The summed E-state index contributed by atoms with van der Waals surface area (Å²) in [6.45, 7) is 0.387. The first kappa shape index (κ1) is 15.3. The molecule has 1 aromatic heterocycles. The van der Waals surface area contributed by atoms with Gasteiger partial charge in [-0.3, -0.25) is 0 Å². The zero-order valence-electron chi connectivity index (χ0n) is 10.4. The van der Waals surface area contributed by atoms with E-state index in [2.05, 4.69) is 31.9 Å². The number of carbonyl (C=O) groups is 1. The second-order valence-corrected chi connectivity index (χ2v) is 6.58. The highest BCUT2D eigenvalue weighted by atomic mass is 79.9. The quantitative estimate of drug-likeness (QED) is 0.768. The fourth-order valence-corrected chi connectivity index (χ4v) is 3.47. The minimum atomic E-state index is -1.02. The molecule has 0 radical (unpaired) electrons. The van der Waals surface area contributed by atoms with Gasteiger partial charge in [0.25, 0.3) is 0 Å². The Bertz CT molecular complexity index is 639. The maximum Gasteiger partial charge on any atom is 0.335 e. The first-order valence-electron chi connectivity index (χ1n) is 5.47. The van der Waals surface area contributed by atoms with Crippen molar-refractivity contribution in [1.82, 2.24) is 0 Å². The molecule has 4 nitrogen and oxygen atoms in total. The molecule has 20 heavy (non-hydrogen) atoms. The molecule has 0 saturated carbocycles. The molecule has 106 valence electrons. The number of halogens is 2. The van der Waals surface area contributed by atoms with E-state index in [-0.39, 0.29) is 5.56 Å². The van der Waals surface area contributed by atoms with Gasteiger partial charge in [0.05, 0.1) is 17.1 Å². The van der Waals surface area contributed by atoms with Gasteiger partial charge < -0.3 is 14.6 Å². The molecule has 0 bridgehead atoms. The van der Waals surface area contributed by atoms with Crippen LogP contribution >= 0.6 is 43.2 Å². The van der Waals surface area contributed by atoms with Crippen molar-refractivity contribution >= 4 is 49.2 Å². The molecule has 1 N–H and O–H groups in total. The lowest BCUT2D eigenvalue weighted by Gasteiger charge is -2.12. The second-order valence-electron chi connectivity index (χ2n) is 3.81. The summed E-state index contributed by atoms with van der Waals surface area (Å²) in [5.41, 5.74) is 0.139. The minimum Gasteiger partial charge on any atom is -0.493 e. The fraction of sp³-hybridized carbons (Fsp3) is 0.154. The number of rotatable bonds is 5. The van der Waals surface area contributed by atoms with E-state index in [1.54, 1.807) is 11.3 Å². The third kappa shape index (κ3) is 3.53. The Labute approximate surface area is 136 Å². The van der Waals surface area contributed by atoms with Crippen LogP contribution in [-0.2, 0) is 6.61 Å². The summed E-state index contributed by atoms with van der Waals surface area (Å²) < 4.78 is 12.5. The van der Waals surface area contributed by atoms with Gasteiger partial charge in [0, 0.05) is 14.7 Å². The molecule has 2 aromatic rings. The van der Waals surface area contributed by atoms with Crippen LogP contribution in [0.1, 0.15) is 15.2 Å². The van der Waals surface area contributed by atoms with Crippen molar-refractivity contribution in [3.8, 4) is 11.5 Å². The number of aromatic carboxylic acids is 1. The van der Waals surface area contributed by atoms with E-state index in [9.17, 15) is 4.79 Å². The standard InChI is InChI=1S/C13H10Br2O4S/c1-18-11-3-7(13(16)17)2-10(15)12(11)19-5-9-4-8(14)6-20-9/h2-4,6H,5H2,1H3,(H,16,17). The Morgan fingerprint density at radius 1 is 1.35 bits per heavy atom. The normalized spacial score (nSPS) is 10.3. The van der Waals surface area contributed by atoms with Gasteiger partial charge in [-0.25, -0.2) is 4.79 Å². The van der Waals surface area contributed by atoms with E-state index in [1.165, 1.54) is 19.2 Å². The third-order valence-corrected chi connectivity index (χ3v) is 4.72.